The Balaban J connectivity index is 1.47. The smallest absolute Gasteiger partial charge is 0.410 e. The number of hydrogen-bond donors (Lipinski definition) is 0. The summed E-state index contributed by atoms with van der Waals surface area (Å²) in [4.78, 5) is 27.8. The van der Waals surface area contributed by atoms with E-state index in [0.29, 0.717) is 42.7 Å². The first-order valence-electron chi connectivity index (χ1n) is 10.3. The third-order valence-electron chi connectivity index (χ3n) is 6.05. The first-order chi connectivity index (χ1) is 14.4. The molecule has 0 aliphatic carbocycles. The number of Topliss-reactive ketones (excluding diaryl/α,β-unsaturated/α-hetero) is 1. The molecule has 2 atom stereocenters. The number of piperidine rings is 1. The zero-order valence-electron chi connectivity index (χ0n) is 17.3. The van der Waals surface area contributed by atoms with Gasteiger partial charge in [0.2, 0.25) is 0 Å². The molecule has 2 aromatic carbocycles. The highest BCUT2D eigenvalue weighted by atomic mass is 19.1. The van der Waals surface area contributed by atoms with Gasteiger partial charge in [-0.2, -0.15) is 0 Å². The van der Waals surface area contributed by atoms with Crippen LogP contribution in [-0.2, 0) is 16.1 Å². The van der Waals surface area contributed by atoms with Gasteiger partial charge in [0.1, 0.15) is 12.4 Å². The van der Waals surface area contributed by atoms with Crippen molar-refractivity contribution in [2.24, 2.45) is 5.92 Å². The Kier molecular flexibility index (Phi) is 5.86. The summed E-state index contributed by atoms with van der Waals surface area (Å²) in [5.74, 6) is -0.521. The maximum absolute atomic E-state index is 13.7. The number of rotatable bonds is 4. The number of fused-ring (bicyclic) bond motifs is 2. The van der Waals surface area contributed by atoms with Gasteiger partial charge in [-0.25, -0.2) is 9.18 Å². The van der Waals surface area contributed by atoms with Crippen LogP contribution in [0.15, 0.2) is 42.5 Å². The maximum Gasteiger partial charge on any atom is 0.410 e. The molecular weight excluding hydrogens is 385 g/mol. The minimum atomic E-state index is -0.364. The van der Waals surface area contributed by atoms with Crippen LogP contribution in [0.3, 0.4) is 0 Å². The zero-order chi connectivity index (χ0) is 21.3. The van der Waals surface area contributed by atoms with Crippen LogP contribution in [-0.4, -0.2) is 42.1 Å². The number of benzene rings is 2. The molecule has 0 aromatic heterocycles. The molecular formula is C24H26FNO4. The first kappa shape index (κ1) is 20.5. The number of amides is 1. The summed E-state index contributed by atoms with van der Waals surface area (Å²) < 4.78 is 24.9. The van der Waals surface area contributed by atoms with Crippen molar-refractivity contribution in [3.8, 4) is 0 Å². The van der Waals surface area contributed by atoms with Crippen LogP contribution in [0.25, 0.3) is 0 Å². The van der Waals surface area contributed by atoms with E-state index in [0.717, 1.165) is 5.56 Å². The van der Waals surface area contributed by atoms with Crippen LogP contribution < -0.4 is 0 Å². The van der Waals surface area contributed by atoms with Crippen molar-refractivity contribution in [2.75, 3.05) is 13.2 Å². The normalized spacial score (nSPS) is 23.2. The molecule has 30 heavy (non-hydrogen) atoms. The zero-order valence-corrected chi connectivity index (χ0v) is 17.3. The Labute approximate surface area is 175 Å². The van der Waals surface area contributed by atoms with Crippen molar-refractivity contribution in [3.63, 3.8) is 0 Å². The molecule has 2 saturated heterocycles. The second-order valence-corrected chi connectivity index (χ2v) is 8.24. The van der Waals surface area contributed by atoms with Crippen molar-refractivity contribution < 1.29 is 23.5 Å². The van der Waals surface area contributed by atoms with E-state index in [-0.39, 0.29) is 42.3 Å². The van der Waals surface area contributed by atoms with Crippen molar-refractivity contribution in [1.29, 1.82) is 0 Å². The van der Waals surface area contributed by atoms with Crippen LogP contribution in [0, 0.1) is 25.6 Å². The van der Waals surface area contributed by atoms with E-state index < -0.39 is 0 Å². The van der Waals surface area contributed by atoms with Gasteiger partial charge in [0, 0.05) is 11.5 Å². The van der Waals surface area contributed by atoms with E-state index in [1.54, 1.807) is 18.7 Å². The molecule has 4 rings (SSSR count). The molecule has 0 N–H and O–H groups in total. The minimum Gasteiger partial charge on any atom is -0.445 e. The number of aryl methyl sites for hydroxylation is 2. The maximum atomic E-state index is 13.7. The van der Waals surface area contributed by atoms with E-state index in [9.17, 15) is 14.0 Å². The second kappa shape index (κ2) is 8.56. The van der Waals surface area contributed by atoms with Gasteiger partial charge < -0.3 is 9.47 Å². The van der Waals surface area contributed by atoms with Crippen LogP contribution in [0.1, 0.15) is 39.9 Å². The average molecular weight is 411 g/mol. The van der Waals surface area contributed by atoms with Crippen molar-refractivity contribution >= 4 is 11.9 Å². The van der Waals surface area contributed by atoms with Crippen LogP contribution >= 0.6 is 0 Å². The number of carbonyl (C=O) groups is 2. The molecule has 1 amide bonds. The quantitative estimate of drug-likeness (QED) is 0.698. The Bertz CT molecular complexity index is 908. The highest BCUT2D eigenvalue weighted by Gasteiger charge is 2.44. The molecule has 5 nitrogen and oxygen atoms in total. The summed E-state index contributed by atoms with van der Waals surface area (Å²) in [5.41, 5.74) is 2.84. The average Bonchev–Trinajstić information content (AvgIpc) is 2.71. The molecule has 0 saturated carbocycles. The fourth-order valence-corrected chi connectivity index (χ4v) is 4.72. The first-order valence-corrected chi connectivity index (χ1v) is 10.3. The summed E-state index contributed by atoms with van der Waals surface area (Å²) in [6.07, 6.45) is 0.676. The number of halogens is 1. The summed E-state index contributed by atoms with van der Waals surface area (Å²) in [6.45, 7) is 4.53. The summed E-state index contributed by atoms with van der Waals surface area (Å²) >= 11 is 0. The van der Waals surface area contributed by atoms with E-state index >= 15 is 0 Å². The molecule has 2 fully saturated rings. The molecule has 158 valence electrons. The van der Waals surface area contributed by atoms with Crippen molar-refractivity contribution in [2.45, 2.75) is 45.4 Å². The Morgan fingerprint density at radius 3 is 2.27 bits per heavy atom. The monoisotopic (exact) mass is 411 g/mol. The molecule has 2 aliphatic rings. The van der Waals surface area contributed by atoms with Gasteiger partial charge >= 0.3 is 6.09 Å². The van der Waals surface area contributed by atoms with Crippen molar-refractivity contribution in [1.82, 2.24) is 4.90 Å². The highest BCUT2D eigenvalue weighted by Crippen LogP contribution is 2.35. The number of carbonyl (C=O) groups excluding carboxylic acids is 2. The Morgan fingerprint density at radius 1 is 1.07 bits per heavy atom. The molecule has 2 bridgehead atoms. The molecule has 0 radical (unpaired) electrons. The van der Waals surface area contributed by atoms with E-state index in [4.69, 9.17) is 9.47 Å². The SMILES string of the molecule is Cc1cc(F)cc(C)c1C(=O)C1CC2COCC(C1)N2C(=O)OCc1ccccc1. The lowest BCUT2D eigenvalue weighted by Gasteiger charge is -2.47. The van der Waals surface area contributed by atoms with Crippen molar-refractivity contribution in [3.05, 3.63) is 70.5 Å². The number of ketones is 1. The predicted molar refractivity (Wildman–Crippen MR) is 110 cm³/mol. The van der Waals surface area contributed by atoms with Gasteiger partial charge in [-0.15, -0.1) is 0 Å². The largest absolute Gasteiger partial charge is 0.445 e. The number of nitrogens with zero attached hydrogens (tertiary/aromatic N) is 1. The number of ether oxygens (including phenoxy) is 2. The molecule has 0 spiro atoms. The molecule has 2 unspecified atom stereocenters. The third kappa shape index (κ3) is 4.10. The molecule has 2 aliphatic heterocycles. The lowest BCUT2D eigenvalue weighted by molar-refractivity contribution is -0.0755. The fourth-order valence-electron chi connectivity index (χ4n) is 4.72. The topological polar surface area (TPSA) is 55.8 Å². The highest BCUT2D eigenvalue weighted by molar-refractivity contribution is 6.00. The van der Waals surface area contributed by atoms with Crippen LogP contribution in [0.5, 0.6) is 0 Å². The Hall–Kier alpha value is -2.73. The number of hydrogen-bond acceptors (Lipinski definition) is 4. The fraction of sp³-hybridized carbons (Fsp3) is 0.417. The lowest BCUT2D eigenvalue weighted by atomic mass is 9.79. The van der Waals surface area contributed by atoms with Gasteiger partial charge in [-0.1, -0.05) is 30.3 Å². The summed E-state index contributed by atoms with van der Waals surface area (Å²) in [7, 11) is 0. The van der Waals surface area contributed by atoms with Crippen LogP contribution in [0.2, 0.25) is 0 Å². The molecule has 2 heterocycles. The van der Waals surface area contributed by atoms with Gasteiger partial charge in [-0.3, -0.25) is 9.69 Å². The molecule has 2 aromatic rings. The lowest BCUT2D eigenvalue weighted by Crippen LogP contribution is -2.60. The summed E-state index contributed by atoms with van der Waals surface area (Å²) in [5, 5.41) is 0. The minimum absolute atomic E-state index is 0.0270. The number of morpholine rings is 1. The van der Waals surface area contributed by atoms with Gasteiger partial charge in [0.25, 0.3) is 0 Å². The summed E-state index contributed by atoms with van der Waals surface area (Å²) in [6, 6.07) is 12.0. The van der Waals surface area contributed by atoms with E-state index in [1.807, 2.05) is 30.3 Å². The van der Waals surface area contributed by atoms with Gasteiger partial charge in [-0.05, 0) is 55.5 Å². The van der Waals surface area contributed by atoms with Gasteiger partial charge in [0.05, 0.1) is 25.3 Å². The standard InChI is InChI=1S/C24H26FNO4/c1-15-8-19(25)9-16(2)22(15)23(27)18-10-20-13-29-14-21(11-18)26(20)24(28)30-12-17-6-4-3-5-7-17/h3-9,18,20-21H,10-14H2,1-2H3. The Morgan fingerprint density at radius 2 is 1.67 bits per heavy atom. The second-order valence-electron chi connectivity index (χ2n) is 8.24. The van der Waals surface area contributed by atoms with E-state index in [1.165, 1.54) is 12.1 Å². The van der Waals surface area contributed by atoms with E-state index in [2.05, 4.69) is 0 Å². The van der Waals surface area contributed by atoms with Crippen LogP contribution in [0.4, 0.5) is 9.18 Å². The predicted octanol–water partition coefficient (Wildman–Crippen LogP) is 4.44. The third-order valence-corrected chi connectivity index (χ3v) is 6.05. The van der Waals surface area contributed by atoms with Gasteiger partial charge in [0.15, 0.2) is 5.78 Å². The molecule has 6 heteroatoms.